The van der Waals surface area contributed by atoms with Crippen molar-refractivity contribution in [3.63, 3.8) is 0 Å². The Labute approximate surface area is 116 Å². The average molecular weight is 283 g/mol. The van der Waals surface area contributed by atoms with Gasteiger partial charge < -0.3 is 5.32 Å². The van der Waals surface area contributed by atoms with E-state index in [0.29, 0.717) is 16.5 Å². The van der Waals surface area contributed by atoms with E-state index in [-0.39, 0.29) is 5.91 Å². The van der Waals surface area contributed by atoms with Crippen LogP contribution < -0.4 is 5.32 Å². The van der Waals surface area contributed by atoms with Crippen LogP contribution in [0, 0.1) is 17.2 Å². The van der Waals surface area contributed by atoms with E-state index in [1.165, 1.54) is 16.2 Å². The lowest BCUT2D eigenvalue weighted by atomic mass is 9.89. The number of amides is 1. The number of nitrogens with zero attached hydrogens (tertiary/aromatic N) is 1. The minimum Gasteiger partial charge on any atom is -0.315 e. The molecule has 1 aliphatic carbocycles. The number of carbonyl (C=O) groups excluding carboxylic acids is 1. The molecule has 0 fully saturated rings. The highest BCUT2D eigenvalue weighted by molar-refractivity contribution is 7.16. The van der Waals surface area contributed by atoms with Crippen molar-refractivity contribution in [2.75, 3.05) is 5.32 Å². The van der Waals surface area contributed by atoms with E-state index in [2.05, 4.69) is 18.3 Å². The SMILES string of the molecule is C[C@@H]1CCc2c(sc(NC(=O)[C@H](C)Cl)c2C#N)C1. The Morgan fingerprint density at radius 3 is 3.00 bits per heavy atom. The molecule has 18 heavy (non-hydrogen) atoms. The zero-order valence-corrected chi connectivity index (χ0v) is 12.0. The smallest absolute Gasteiger partial charge is 0.242 e. The second-order valence-electron chi connectivity index (χ2n) is 4.77. The number of hydrogen-bond donors (Lipinski definition) is 1. The third-order valence-electron chi connectivity index (χ3n) is 3.22. The number of carbonyl (C=O) groups is 1. The highest BCUT2D eigenvalue weighted by Crippen LogP contribution is 2.39. The molecule has 0 aromatic carbocycles. The molecule has 2 atom stereocenters. The van der Waals surface area contributed by atoms with Crippen LogP contribution in [-0.4, -0.2) is 11.3 Å². The van der Waals surface area contributed by atoms with E-state index in [1.807, 2.05) is 0 Å². The number of halogens is 1. The normalized spacial score (nSPS) is 19.8. The maximum absolute atomic E-state index is 11.6. The molecule has 5 heteroatoms. The van der Waals surface area contributed by atoms with Crippen molar-refractivity contribution < 1.29 is 4.79 Å². The summed E-state index contributed by atoms with van der Waals surface area (Å²) in [6.07, 6.45) is 3.04. The minimum atomic E-state index is -0.588. The van der Waals surface area contributed by atoms with Gasteiger partial charge in [0.15, 0.2) is 0 Å². The molecule has 1 amide bonds. The van der Waals surface area contributed by atoms with Gasteiger partial charge >= 0.3 is 0 Å². The quantitative estimate of drug-likeness (QED) is 0.846. The first kappa shape index (κ1) is 13.4. The number of alkyl halides is 1. The molecule has 0 spiro atoms. The van der Waals surface area contributed by atoms with E-state index in [0.717, 1.165) is 24.8 Å². The number of rotatable bonds is 2. The van der Waals surface area contributed by atoms with Gasteiger partial charge in [0.05, 0.1) is 5.56 Å². The standard InChI is InChI=1S/C13H15ClN2OS/c1-7-3-4-9-10(6-15)13(18-11(9)5-7)16-12(17)8(2)14/h7-8H,3-5H2,1-2H3,(H,16,17)/t7-,8+/m1/s1. The van der Waals surface area contributed by atoms with E-state index in [4.69, 9.17) is 11.6 Å². The molecule has 0 saturated heterocycles. The van der Waals surface area contributed by atoms with E-state index < -0.39 is 5.38 Å². The lowest BCUT2D eigenvalue weighted by Crippen LogP contribution is -2.20. The van der Waals surface area contributed by atoms with Crippen LogP contribution >= 0.6 is 22.9 Å². The van der Waals surface area contributed by atoms with Crippen LogP contribution in [0.2, 0.25) is 0 Å². The van der Waals surface area contributed by atoms with Crippen LogP contribution in [0.25, 0.3) is 0 Å². The predicted octanol–water partition coefficient (Wildman–Crippen LogP) is 3.31. The van der Waals surface area contributed by atoms with Gasteiger partial charge in [-0.3, -0.25) is 4.79 Å². The Hall–Kier alpha value is -1.05. The monoisotopic (exact) mass is 282 g/mol. The number of hydrogen-bond acceptors (Lipinski definition) is 3. The summed E-state index contributed by atoms with van der Waals surface area (Å²) in [6.45, 7) is 3.84. The summed E-state index contributed by atoms with van der Waals surface area (Å²) in [7, 11) is 0. The first-order valence-electron chi connectivity index (χ1n) is 6.02. The average Bonchev–Trinajstić information content (AvgIpc) is 2.64. The molecule has 1 aromatic heterocycles. The van der Waals surface area contributed by atoms with Gasteiger partial charge in [0, 0.05) is 4.88 Å². The lowest BCUT2D eigenvalue weighted by molar-refractivity contribution is -0.115. The van der Waals surface area contributed by atoms with E-state index in [9.17, 15) is 10.1 Å². The van der Waals surface area contributed by atoms with E-state index >= 15 is 0 Å². The Morgan fingerprint density at radius 2 is 2.39 bits per heavy atom. The van der Waals surface area contributed by atoms with Gasteiger partial charge in [0.25, 0.3) is 0 Å². The fourth-order valence-electron chi connectivity index (χ4n) is 2.17. The third-order valence-corrected chi connectivity index (χ3v) is 4.59. The molecule has 1 heterocycles. The molecule has 1 aromatic rings. The predicted molar refractivity (Wildman–Crippen MR) is 74.2 cm³/mol. The van der Waals surface area contributed by atoms with Crippen LogP contribution in [-0.2, 0) is 17.6 Å². The Bertz CT molecular complexity index is 516. The van der Waals surface area contributed by atoms with Crippen molar-refractivity contribution in [3.05, 3.63) is 16.0 Å². The van der Waals surface area contributed by atoms with E-state index in [1.54, 1.807) is 6.92 Å². The van der Waals surface area contributed by atoms with Crippen molar-refractivity contribution >= 4 is 33.8 Å². The Morgan fingerprint density at radius 1 is 1.67 bits per heavy atom. The van der Waals surface area contributed by atoms with Crippen molar-refractivity contribution in [2.24, 2.45) is 5.92 Å². The summed E-state index contributed by atoms with van der Waals surface area (Å²) < 4.78 is 0. The highest BCUT2D eigenvalue weighted by atomic mass is 35.5. The van der Waals surface area contributed by atoms with Gasteiger partial charge in [-0.05, 0) is 37.7 Å². The van der Waals surface area contributed by atoms with Gasteiger partial charge in [0.1, 0.15) is 16.4 Å². The van der Waals surface area contributed by atoms with Gasteiger partial charge in [-0.15, -0.1) is 22.9 Å². The zero-order valence-electron chi connectivity index (χ0n) is 10.4. The summed E-state index contributed by atoms with van der Waals surface area (Å²) >= 11 is 7.26. The first-order valence-corrected chi connectivity index (χ1v) is 7.27. The number of anilines is 1. The van der Waals surface area contributed by atoms with Crippen LogP contribution in [0.4, 0.5) is 5.00 Å². The fraction of sp³-hybridized carbons (Fsp3) is 0.538. The van der Waals surface area contributed by atoms with Gasteiger partial charge in [-0.25, -0.2) is 0 Å². The molecule has 0 saturated carbocycles. The molecule has 2 rings (SSSR count). The molecule has 3 nitrogen and oxygen atoms in total. The molecule has 0 radical (unpaired) electrons. The second kappa shape index (κ2) is 5.29. The van der Waals surface area contributed by atoms with Gasteiger partial charge in [-0.1, -0.05) is 6.92 Å². The van der Waals surface area contributed by atoms with Crippen LogP contribution in [0.15, 0.2) is 0 Å². The number of thiophene rings is 1. The molecule has 96 valence electrons. The van der Waals surface area contributed by atoms with Gasteiger partial charge in [-0.2, -0.15) is 5.26 Å². The topological polar surface area (TPSA) is 52.9 Å². The Kier molecular flexibility index (Phi) is 3.94. The third kappa shape index (κ3) is 2.52. The maximum Gasteiger partial charge on any atom is 0.242 e. The molecule has 0 aliphatic heterocycles. The molecule has 0 unspecified atom stereocenters. The second-order valence-corrected chi connectivity index (χ2v) is 6.53. The van der Waals surface area contributed by atoms with Crippen molar-refractivity contribution in [1.29, 1.82) is 5.26 Å². The van der Waals surface area contributed by atoms with Crippen LogP contribution in [0.5, 0.6) is 0 Å². The molecular formula is C13H15ClN2OS. The summed E-state index contributed by atoms with van der Waals surface area (Å²) in [5, 5.41) is 12.1. The summed E-state index contributed by atoms with van der Waals surface area (Å²) in [5.41, 5.74) is 1.76. The number of nitrogens with one attached hydrogen (secondary N) is 1. The molecule has 0 bridgehead atoms. The Balaban J connectivity index is 2.32. The zero-order chi connectivity index (χ0) is 13.3. The van der Waals surface area contributed by atoms with Crippen molar-refractivity contribution in [1.82, 2.24) is 0 Å². The number of fused-ring (bicyclic) bond motifs is 1. The molecule has 1 N–H and O–H groups in total. The van der Waals surface area contributed by atoms with Gasteiger partial charge in [0.2, 0.25) is 5.91 Å². The highest BCUT2D eigenvalue weighted by Gasteiger charge is 2.25. The first-order chi connectivity index (χ1) is 8.52. The minimum absolute atomic E-state index is 0.250. The molecule has 1 aliphatic rings. The summed E-state index contributed by atoms with van der Waals surface area (Å²) in [6, 6.07) is 2.22. The summed E-state index contributed by atoms with van der Waals surface area (Å²) in [5.74, 6) is 0.401. The van der Waals surface area contributed by atoms with Crippen LogP contribution in [0.3, 0.4) is 0 Å². The largest absolute Gasteiger partial charge is 0.315 e. The molecular weight excluding hydrogens is 268 g/mol. The van der Waals surface area contributed by atoms with Crippen LogP contribution in [0.1, 0.15) is 36.3 Å². The number of nitriles is 1. The summed E-state index contributed by atoms with van der Waals surface area (Å²) in [4.78, 5) is 12.9. The van der Waals surface area contributed by atoms with Crippen molar-refractivity contribution in [3.8, 4) is 6.07 Å². The maximum atomic E-state index is 11.6. The fourth-order valence-corrected chi connectivity index (χ4v) is 3.59. The lowest BCUT2D eigenvalue weighted by Gasteiger charge is -2.17. The van der Waals surface area contributed by atoms with Crippen molar-refractivity contribution in [2.45, 2.75) is 38.5 Å².